The van der Waals surface area contributed by atoms with Crippen LogP contribution in [0.4, 0.5) is 14.5 Å². The van der Waals surface area contributed by atoms with E-state index in [0.29, 0.717) is 6.54 Å². The number of nitrogens with zero attached hydrogens (tertiary/aromatic N) is 2. The van der Waals surface area contributed by atoms with E-state index in [2.05, 4.69) is 25.7 Å². The van der Waals surface area contributed by atoms with Crippen molar-refractivity contribution < 1.29 is 18.7 Å². The molecule has 1 heterocycles. The molecule has 0 aromatic heterocycles. The zero-order valence-electron chi connectivity index (χ0n) is 25.8. The van der Waals surface area contributed by atoms with Gasteiger partial charge in [-0.1, -0.05) is 80.6 Å². The van der Waals surface area contributed by atoms with Crippen molar-refractivity contribution in [2.45, 2.75) is 53.1 Å². The lowest BCUT2D eigenvalue weighted by molar-refractivity contribution is -0.132. The quantitative estimate of drug-likeness (QED) is 0.164. The van der Waals surface area contributed by atoms with Gasteiger partial charge in [0.2, 0.25) is 0 Å². The number of hydrogen-bond acceptors (Lipinski definition) is 3. The van der Waals surface area contributed by atoms with E-state index < -0.39 is 23.6 Å². The van der Waals surface area contributed by atoms with Gasteiger partial charge in [0.25, 0.3) is 0 Å². The van der Waals surface area contributed by atoms with Crippen molar-refractivity contribution in [2.24, 2.45) is 10.9 Å². The molecular weight excluding hydrogens is 554 g/mol. The third-order valence-corrected chi connectivity index (χ3v) is 8.30. The van der Waals surface area contributed by atoms with Crippen LogP contribution in [-0.4, -0.2) is 34.3 Å². The Morgan fingerprint density at radius 3 is 2.07 bits per heavy atom. The molecule has 0 spiro atoms. The van der Waals surface area contributed by atoms with Crippen molar-refractivity contribution in [1.82, 2.24) is 4.90 Å². The van der Waals surface area contributed by atoms with E-state index in [-0.39, 0.29) is 28.7 Å². The van der Waals surface area contributed by atoms with Crippen molar-refractivity contribution in [2.75, 3.05) is 6.54 Å². The van der Waals surface area contributed by atoms with Crippen LogP contribution >= 0.6 is 0 Å². The zero-order chi connectivity index (χ0) is 31.5. The first kappa shape index (κ1) is 31.0. The third kappa shape index (κ3) is 6.41. The summed E-state index contributed by atoms with van der Waals surface area (Å²) in [6.07, 6.45) is 2.01. The Morgan fingerprint density at radius 1 is 0.977 bits per heavy atom. The van der Waals surface area contributed by atoms with E-state index in [0.717, 1.165) is 45.6 Å². The molecule has 44 heavy (non-hydrogen) atoms. The summed E-state index contributed by atoms with van der Waals surface area (Å²) >= 11 is 0. The smallest absolute Gasteiger partial charge is 0.331 e. The maximum Gasteiger partial charge on any atom is 0.331 e. The lowest BCUT2D eigenvalue weighted by Crippen LogP contribution is -2.45. The average Bonchev–Trinajstić information content (AvgIpc) is 2.99. The highest BCUT2D eigenvalue weighted by Gasteiger charge is 2.37. The highest BCUT2D eigenvalue weighted by molar-refractivity contribution is 6.14. The molecule has 6 heteroatoms. The van der Waals surface area contributed by atoms with Crippen molar-refractivity contribution in [1.29, 1.82) is 0 Å². The lowest BCUT2D eigenvalue weighted by atomic mass is 9.81. The van der Waals surface area contributed by atoms with Crippen LogP contribution in [0, 0.1) is 24.5 Å². The summed E-state index contributed by atoms with van der Waals surface area (Å²) < 4.78 is 31.9. The average molecular weight is 593 g/mol. The van der Waals surface area contributed by atoms with Crippen LogP contribution in [0.2, 0.25) is 0 Å². The second kappa shape index (κ2) is 13.1. The zero-order valence-corrected chi connectivity index (χ0v) is 25.8. The minimum atomic E-state index is -1.13. The highest BCUT2D eigenvalue weighted by atomic mass is 19.1. The molecule has 1 aliphatic rings. The molecule has 0 unspecified atom stereocenters. The topological polar surface area (TPSA) is 52.9 Å². The minimum Gasteiger partial charge on any atom is -0.478 e. The number of carboxylic acids is 1. The first-order valence-electron chi connectivity index (χ1n) is 15.0. The number of carboxylic acid groups (broad SMARTS) is 1. The SMILES string of the molecule is C/C(=C\c1cc(F)c([C@H]2c3ccc(N=C(c4ccccc4)c4ccccc4)c(C)c3C[C@H](C)N2CC(C)C)c(F)c1)C(=O)O. The van der Waals surface area contributed by atoms with Crippen LogP contribution in [0.25, 0.3) is 6.08 Å². The van der Waals surface area contributed by atoms with E-state index in [1.54, 1.807) is 0 Å². The number of aliphatic carboxylic acids is 1. The number of halogens is 2. The third-order valence-electron chi connectivity index (χ3n) is 8.30. The summed E-state index contributed by atoms with van der Waals surface area (Å²) in [5.41, 5.74) is 6.75. The Labute approximate surface area is 258 Å². The van der Waals surface area contributed by atoms with Crippen LogP contribution in [0.1, 0.15) is 72.7 Å². The van der Waals surface area contributed by atoms with Gasteiger partial charge in [-0.3, -0.25) is 4.90 Å². The lowest BCUT2D eigenvalue weighted by Gasteiger charge is -2.44. The molecule has 4 aromatic carbocycles. The molecule has 0 fully saturated rings. The molecule has 1 N–H and O–H groups in total. The maximum absolute atomic E-state index is 15.9. The highest BCUT2D eigenvalue weighted by Crippen LogP contribution is 2.43. The molecule has 0 saturated heterocycles. The fourth-order valence-corrected chi connectivity index (χ4v) is 6.16. The van der Waals surface area contributed by atoms with Crippen LogP contribution in [-0.2, 0) is 11.2 Å². The van der Waals surface area contributed by atoms with E-state index in [9.17, 15) is 9.90 Å². The standard InChI is InChI=1S/C38H38F2N2O2/c1-23(2)22-42-25(4)19-31-26(5)34(41-36(28-12-8-6-9-13-28)29-14-10-7-11-15-29)17-16-30(31)37(42)35-32(39)20-27(21-33(35)40)18-24(3)38(43)44/h6-18,20-21,23,25,37H,19,22H2,1-5H3,(H,43,44)/b24-18+/t25-,37+/m0/s1. The van der Waals surface area contributed by atoms with Gasteiger partial charge in [-0.25, -0.2) is 18.6 Å². The largest absolute Gasteiger partial charge is 0.478 e. The maximum atomic E-state index is 15.9. The van der Waals surface area contributed by atoms with Crippen molar-refractivity contribution in [3.05, 3.63) is 141 Å². The molecule has 4 nitrogen and oxygen atoms in total. The molecule has 1 aliphatic heterocycles. The van der Waals surface area contributed by atoms with Gasteiger partial charge in [0, 0.05) is 34.9 Å². The van der Waals surface area contributed by atoms with E-state index in [1.807, 2.05) is 79.7 Å². The summed E-state index contributed by atoms with van der Waals surface area (Å²) in [6, 6.07) is 25.9. The van der Waals surface area contributed by atoms with Crippen molar-refractivity contribution >= 4 is 23.4 Å². The molecule has 226 valence electrons. The summed E-state index contributed by atoms with van der Waals surface area (Å²) in [7, 11) is 0. The first-order valence-corrected chi connectivity index (χ1v) is 15.0. The number of fused-ring (bicyclic) bond motifs is 1. The van der Waals surface area contributed by atoms with Gasteiger partial charge in [0.1, 0.15) is 11.6 Å². The second-order valence-electron chi connectivity index (χ2n) is 12.0. The Morgan fingerprint density at radius 2 is 1.55 bits per heavy atom. The van der Waals surface area contributed by atoms with E-state index in [4.69, 9.17) is 4.99 Å². The fraction of sp³-hybridized carbons (Fsp3) is 0.263. The Balaban J connectivity index is 1.67. The molecule has 0 aliphatic carbocycles. The van der Waals surface area contributed by atoms with Crippen LogP contribution in [0.5, 0.6) is 0 Å². The number of benzene rings is 4. The molecule has 4 aromatic rings. The minimum absolute atomic E-state index is 0.00343. The van der Waals surface area contributed by atoms with Crippen LogP contribution < -0.4 is 0 Å². The fourth-order valence-electron chi connectivity index (χ4n) is 6.16. The van der Waals surface area contributed by atoms with Gasteiger partial charge in [-0.05, 0) is 79.6 Å². The Hall–Kier alpha value is -4.42. The van der Waals surface area contributed by atoms with Crippen LogP contribution in [0.3, 0.4) is 0 Å². The first-order chi connectivity index (χ1) is 21.0. The predicted molar refractivity (Wildman–Crippen MR) is 174 cm³/mol. The summed E-state index contributed by atoms with van der Waals surface area (Å²) in [6.45, 7) is 10.4. The molecule has 5 rings (SSSR count). The molecule has 0 radical (unpaired) electrons. The second-order valence-corrected chi connectivity index (χ2v) is 12.0. The van der Waals surface area contributed by atoms with Gasteiger partial charge in [-0.2, -0.15) is 0 Å². The number of carbonyl (C=O) groups is 1. The van der Waals surface area contributed by atoms with Gasteiger partial charge < -0.3 is 5.11 Å². The molecule has 0 saturated carbocycles. The van der Waals surface area contributed by atoms with E-state index in [1.165, 1.54) is 25.1 Å². The molecule has 0 bridgehead atoms. The molecule has 2 atom stereocenters. The Bertz CT molecular complexity index is 1660. The van der Waals surface area contributed by atoms with Gasteiger partial charge in [0.05, 0.1) is 17.4 Å². The van der Waals surface area contributed by atoms with Crippen molar-refractivity contribution in [3.63, 3.8) is 0 Å². The summed E-state index contributed by atoms with van der Waals surface area (Å²) in [5, 5.41) is 9.26. The van der Waals surface area contributed by atoms with Crippen LogP contribution in [0.15, 0.2) is 95.5 Å². The van der Waals surface area contributed by atoms with Gasteiger partial charge in [0.15, 0.2) is 0 Å². The van der Waals surface area contributed by atoms with Gasteiger partial charge in [-0.15, -0.1) is 0 Å². The summed E-state index contributed by atoms with van der Waals surface area (Å²) in [5.74, 6) is -2.24. The van der Waals surface area contributed by atoms with Gasteiger partial charge >= 0.3 is 5.97 Å². The predicted octanol–water partition coefficient (Wildman–Crippen LogP) is 8.92. The number of rotatable bonds is 8. The molecular formula is C38H38F2N2O2. The number of aliphatic imine (C=N–C) groups is 1. The monoisotopic (exact) mass is 592 g/mol. The number of hydrogen-bond donors (Lipinski definition) is 1. The normalized spacial score (nSPS) is 17.0. The van der Waals surface area contributed by atoms with Crippen molar-refractivity contribution in [3.8, 4) is 0 Å². The summed E-state index contributed by atoms with van der Waals surface area (Å²) in [4.78, 5) is 18.7. The Kier molecular flexibility index (Phi) is 9.21. The van der Waals surface area contributed by atoms with E-state index >= 15 is 8.78 Å². The molecule has 0 amide bonds.